The number of carbonyl (C=O) groups excluding carboxylic acids is 1. The average molecular weight is 353 g/mol. The molecule has 1 aromatic carbocycles. The third-order valence-electron chi connectivity index (χ3n) is 4.23. The van der Waals surface area contributed by atoms with E-state index in [-0.39, 0.29) is 16.8 Å². The van der Waals surface area contributed by atoms with E-state index in [4.69, 9.17) is 0 Å². The minimum absolute atomic E-state index is 0.0646. The van der Waals surface area contributed by atoms with E-state index in [0.29, 0.717) is 12.2 Å². The van der Waals surface area contributed by atoms with Gasteiger partial charge < -0.3 is 5.32 Å². The molecule has 1 amide bonds. The second-order valence-corrected chi connectivity index (χ2v) is 8.05. The third kappa shape index (κ3) is 5.58. The molecule has 1 saturated heterocycles. The Kier molecular flexibility index (Phi) is 6.77. The van der Waals surface area contributed by atoms with Gasteiger partial charge in [-0.2, -0.15) is 0 Å². The topological polar surface area (TPSA) is 78.5 Å². The van der Waals surface area contributed by atoms with Crippen LogP contribution in [0.3, 0.4) is 0 Å². The number of amides is 1. The Bertz CT molecular complexity index is 638. The van der Waals surface area contributed by atoms with Gasteiger partial charge >= 0.3 is 0 Å². The van der Waals surface area contributed by atoms with Gasteiger partial charge in [0.1, 0.15) is 0 Å². The average Bonchev–Trinajstić information content (AvgIpc) is 2.55. The van der Waals surface area contributed by atoms with Crippen LogP contribution in [0, 0.1) is 0 Å². The molecule has 1 atom stereocenters. The number of anilines is 1. The molecule has 0 aliphatic carbocycles. The lowest BCUT2D eigenvalue weighted by molar-refractivity contribution is -0.117. The van der Waals surface area contributed by atoms with Crippen LogP contribution in [0.15, 0.2) is 29.2 Å². The molecule has 6 nitrogen and oxygen atoms in total. The van der Waals surface area contributed by atoms with Crippen LogP contribution in [0.4, 0.5) is 5.69 Å². The Morgan fingerprint density at radius 2 is 1.79 bits per heavy atom. The van der Waals surface area contributed by atoms with E-state index in [1.807, 2.05) is 13.8 Å². The standard InChI is InChI=1S/C17H27N3O3S/c1-3-14(2)19-24(22,23)16-9-7-15(8-10-16)18-17(21)13-20-11-5-4-6-12-20/h7-10,14,19H,3-6,11-13H2,1-2H3,(H,18,21)/t14-/m0/s1. The number of sulfonamides is 1. The van der Waals surface area contributed by atoms with Crippen LogP contribution in [-0.2, 0) is 14.8 Å². The van der Waals surface area contributed by atoms with Crippen LogP contribution in [0.5, 0.6) is 0 Å². The maximum absolute atomic E-state index is 12.2. The monoisotopic (exact) mass is 353 g/mol. The van der Waals surface area contributed by atoms with E-state index >= 15 is 0 Å². The lowest BCUT2D eigenvalue weighted by Gasteiger charge is -2.25. The van der Waals surface area contributed by atoms with Gasteiger partial charge in [0.15, 0.2) is 0 Å². The number of carbonyl (C=O) groups is 1. The van der Waals surface area contributed by atoms with Gasteiger partial charge in [-0.1, -0.05) is 13.3 Å². The largest absolute Gasteiger partial charge is 0.325 e. The Balaban J connectivity index is 1.92. The first-order valence-corrected chi connectivity index (χ1v) is 10.0. The van der Waals surface area contributed by atoms with Gasteiger partial charge in [-0.3, -0.25) is 9.69 Å². The lowest BCUT2D eigenvalue weighted by atomic mass is 10.1. The second kappa shape index (κ2) is 8.60. The normalized spacial score (nSPS) is 17.4. The van der Waals surface area contributed by atoms with Crippen molar-refractivity contribution in [2.45, 2.75) is 50.5 Å². The fraction of sp³-hybridized carbons (Fsp3) is 0.588. The van der Waals surface area contributed by atoms with E-state index in [0.717, 1.165) is 32.4 Å². The van der Waals surface area contributed by atoms with Crippen molar-refractivity contribution >= 4 is 21.6 Å². The summed E-state index contributed by atoms with van der Waals surface area (Å²) in [5, 5.41) is 2.82. The van der Waals surface area contributed by atoms with Gasteiger partial charge in [0.05, 0.1) is 11.4 Å². The summed E-state index contributed by atoms with van der Waals surface area (Å²) in [6, 6.07) is 6.17. The van der Waals surface area contributed by atoms with E-state index in [1.54, 1.807) is 12.1 Å². The molecule has 7 heteroatoms. The highest BCUT2D eigenvalue weighted by molar-refractivity contribution is 7.89. The van der Waals surface area contributed by atoms with Crippen LogP contribution in [0.25, 0.3) is 0 Å². The van der Waals surface area contributed by atoms with Crippen molar-refractivity contribution in [3.05, 3.63) is 24.3 Å². The zero-order valence-corrected chi connectivity index (χ0v) is 15.2. The molecule has 2 N–H and O–H groups in total. The first-order chi connectivity index (χ1) is 11.4. The lowest BCUT2D eigenvalue weighted by Crippen LogP contribution is -2.36. The molecule has 0 unspecified atom stereocenters. The molecule has 0 radical (unpaired) electrons. The Morgan fingerprint density at radius 1 is 1.17 bits per heavy atom. The van der Waals surface area contributed by atoms with Crippen LogP contribution in [0.2, 0.25) is 0 Å². The van der Waals surface area contributed by atoms with Gasteiger partial charge in [0.25, 0.3) is 0 Å². The maximum Gasteiger partial charge on any atom is 0.240 e. The number of benzene rings is 1. The summed E-state index contributed by atoms with van der Waals surface area (Å²) in [6.07, 6.45) is 4.24. The molecule has 0 bridgehead atoms. The number of piperidine rings is 1. The zero-order chi connectivity index (χ0) is 17.6. The van der Waals surface area contributed by atoms with Crippen molar-refractivity contribution in [3.63, 3.8) is 0 Å². The van der Waals surface area contributed by atoms with Gasteiger partial charge in [0.2, 0.25) is 15.9 Å². The van der Waals surface area contributed by atoms with Gasteiger partial charge in [0, 0.05) is 11.7 Å². The second-order valence-electron chi connectivity index (χ2n) is 6.34. The van der Waals surface area contributed by atoms with Gasteiger partial charge in [-0.05, 0) is 63.5 Å². The summed E-state index contributed by atoms with van der Waals surface area (Å²) >= 11 is 0. The zero-order valence-electron chi connectivity index (χ0n) is 14.4. The van der Waals surface area contributed by atoms with Crippen molar-refractivity contribution in [1.29, 1.82) is 0 Å². The molecule has 24 heavy (non-hydrogen) atoms. The van der Waals surface area contributed by atoms with Crippen LogP contribution in [0.1, 0.15) is 39.5 Å². The predicted molar refractivity (Wildman–Crippen MR) is 95.4 cm³/mol. The highest BCUT2D eigenvalue weighted by Gasteiger charge is 2.17. The molecule has 0 aromatic heterocycles. The van der Waals surface area contributed by atoms with E-state index in [1.165, 1.54) is 18.6 Å². The highest BCUT2D eigenvalue weighted by atomic mass is 32.2. The summed E-state index contributed by atoms with van der Waals surface area (Å²) in [5.74, 6) is -0.0646. The minimum atomic E-state index is -3.51. The molecule has 1 heterocycles. The summed E-state index contributed by atoms with van der Waals surface area (Å²) in [7, 11) is -3.51. The van der Waals surface area contributed by atoms with Gasteiger partial charge in [-0.25, -0.2) is 13.1 Å². The Labute approximate surface area is 144 Å². The third-order valence-corrected chi connectivity index (χ3v) is 5.84. The summed E-state index contributed by atoms with van der Waals surface area (Å²) in [4.78, 5) is 14.4. The number of rotatable bonds is 7. The number of nitrogens with zero attached hydrogens (tertiary/aromatic N) is 1. The fourth-order valence-electron chi connectivity index (χ4n) is 2.65. The molecule has 0 saturated carbocycles. The molecule has 1 fully saturated rings. The maximum atomic E-state index is 12.2. The van der Waals surface area contributed by atoms with Crippen molar-refractivity contribution in [3.8, 4) is 0 Å². The fourth-order valence-corrected chi connectivity index (χ4v) is 3.98. The molecular weight excluding hydrogens is 326 g/mol. The summed E-state index contributed by atoms with van der Waals surface area (Å²) in [5.41, 5.74) is 0.611. The molecule has 1 aliphatic rings. The number of hydrogen-bond donors (Lipinski definition) is 2. The van der Waals surface area contributed by atoms with Crippen molar-refractivity contribution in [2.75, 3.05) is 25.0 Å². The molecule has 1 aromatic rings. The summed E-state index contributed by atoms with van der Waals surface area (Å²) in [6.45, 7) is 6.06. The van der Waals surface area contributed by atoms with E-state index < -0.39 is 10.0 Å². The van der Waals surface area contributed by atoms with Crippen LogP contribution < -0.4 is 10.0 Å². The highest BCUT2D eigenvalue weighted by Crippen LogP contribution is 2.15. The summed E-state index contributed by atoms with van der Waals surface area (Å²) < 4.78 is 27.0. The smallest absolute Gasteiger partial charge is 0.240 e. The quantitative estimate of drug-likeness (QED) is 0.788. The molecule has 0 spiro atoms. The predicted octanol–water partition coefficient (Wildman–Crippen LogP) is 2.19. The van der Waals surface area contributed by atoms with Crippen molar-refractivity contribution < 1.29 is 13.2 Å². The van der Waals surface area contributed by atoms with Crippen molar-refractivity contribution in [1.82, 2.24) is 9.62 Å². The molecule has 134 valence electrons. The molecular formula is C17H27N3O3S. The molecule has 2 rings (SSSR count). The SMILES string of the molecule is CC[C@H](C)NS(=O)(=O)c1ccc(NC(=O)CN2CCCCC2)cc1. The number of nitrogens with one attached hydrogen (secondary N) is 2. The first kappa shape index (κ1) is 18.9. The minimum Gasteiger partial charge on any atom is -0.325 e. The number of likely N-dealkylation sites (tertiary alicyclic amines) is 1. The number of hydrogen-bond acceptors (Lipinski definition) is 4. The van der Waals surface area contributed by atoms with E-state index in [9.17, 15) is 13.2 Å². The molecule has 1 aliphatic heterocycles. The van der Waals surface area contributed by atoms with Crippen molar-refractivity contribution in [2.24, 2.45) is 0 Å². The van der Waals surface area contributed by atoms with Crippen LogP contribution in [-0.4, -0.2) is 44.9 Å². The van der Waals surface area contributed by atoms with E-state index in [2.05, 4.69) is 14.9 Å². The Hall–Kier alpha value is -1.44. The Morgan fingerprint density at radius 3 is 2.38 bits per heavy atom. The van der Waals surface area contributed by atoms with Crippen LogP contribution >= 0.6 is 0 Å². The first-order valence-electron chi connectivity index (χ1n) is 8.55. The van der Waals surface area contributed by atoms with Gasteiger partial charge in [-0.15, -0.1) is 0 Å².